The van der Waals surface area contributed by atoms with Gasteiger partial charge in [0.25, 0.3) is 0 Å². The van der Waals surface area contributed by atoms with Crippen LogP contribution in [0.3, 0.4) is 0 Å². The fourth-order valence-corrected chi connectivity index (χ4v) is 3.60. The van der Waals surface area contributed by atoms with Crippen molar-refractivity contribution in [2.45, 2.75) is 10.8 Å². The van der Waals surface area contributed by atoms with E-state index in [1.165, 1.54) is 28.9 Å². The molecule has 2 rings (SSSR count). The molecule has 0 spiro atoms. The van der Waals surface area contributed by atoms with E-state index in [0.717, 1.165) is 15.3 Å². The zero-order valence-electron chi connectivity index (χ0n) is 8.59. The van der Waals surface area contributed by atoms with Crippen LogP contribution in [0, 0.1) is 0 Å². The van der Waals surface area contributed by atoms with E-state index in [4.69, 9.17) is 5.11 Å². The second kappa shape index (κ2) is 5.66. The van der Waals surface area contributed by atoms with Gasteiger partial charge in [0, 0.05) is 26.7 Å². The summed E-state index contributed by atoms with van der Waals surface area (Å²) in [6, 6.07) is 5.14. The normalized spacial score (nSPS) is 10.4. The van der Waals surface area contributed by atoms with Crippen LogP contribution >= 0.6 is 39.0 Å². The molecule has 17 heavy (non-hydrogen) atoms. The lowest BCUT2D eigenvalue weighted by atomic mass is 10.3. The van der Waals surface area contributed by atoms with Crippen molar-refractivity contribution >= 4 is 45.0 Å². The van der Waals surface area contributed by atoms with E-state index in [1.54, 1.807) is 17.4 Å². The van der Waals surface area contributed by atoms with E-state index in [0.29, 0.717) is 0 Å². The summed E-state index contributed by atoms with van der Waals surface area (Å²) in [6.45, 7) is 0. The van der Waals surface area contributed by atoms with Gasteiger partial charge in [0.2, 0.25) is 0 Å². The third-order valence-corrected chi connectivity index (χ3v) is 4.82. The smallest absolute Gasteiger partial charge is 0.335 e. The molecule has 88 valence electrons. The number of aromatic carboxylic acids is 1. The summed E-state index contributed by atoms with van der Waals surface area (Å²) in [4.78, 5) is 16.2. The topological polar surface area (TPSA) is 50.2 Å². The molecule has 0 atom stereocenters. The van der Waals surface area contributed by atoms with Crippen LogP contribution in [0.4, 0.5) is 0 Å². The zero-order chi connectivity index (χ0) is 12.3. The number of aromatic nitrogens is 1. The molecular weight excluding hydrogens is 322 g/mol. The van der Waals surface area contributed by atoms with E-state index >= 15 is 0 Å². The van der Waals surface area contributed by atoms with Crippen LogP contribution in [0.25, 0.3) is 0 Å². The van der Waals surface area contributed by atoms with Crippen LogP contribution < -0.4 is 0 Å². The van der Waals surface area contributed by atoms with Crippen LogP contribution in [-0.2, 0) is 5.75 Å². The quantitative estimate of drug-likeness (QED) is 0.864. The molecule has 1 N–H and O–H groups in total. The Bertz CT molecular complexity index is 542. The molecule has 2 heterocycles. The second-order valence-electron chi connectivity index (χ2n) is 3.21. The number of carboxylic acid groups (broad SMARTS) is 1. The number of halogens is 1. The number of pyridine rings is 1. The summed E-state index contributed by atoms with van der Waals surface area (Å²) >= 11 is 6.60. The van der Waals surface area contributed by atoms with Gasteiger partial charge in [0.15, 0.2) is 0 Å². The Morgan fingerprint density at radius 3 is 3.00 bits per heavy atom. The van der Waals surface area contributed by atoms with Gasteiger partial charge in [-0.3, -0.25) is 0 Å². The van der Waals surface area contributed by atoms with Crippen LogP contribution in [-0.4, -0.2) is 16.1 Å². The molecule has 0 bridgehead atoms. The molecule has 2 aromatic rings. The summed E-state index contributed by atoms with van der Waals surface area (Å²) in [5.74, 6) is -0.125. The Hall–Kier alpha value is -0.850. The van der Waals surface area contributed by atoms with Crippen molar-refractivity contribution in [2.75, 3.05) is 0 Å². The maximum absolute atomic E-state index is 10.8. The Morgan fingerprint density at radius 2 is 2.35 bits per heavy atom. The lowest BCUT2D eigenvalue weighted by Gasteiger charge is -2.00. The van der Waals surface area contributed by atoms with Gasteiger partial charge in [-0.05, 0) is 34.1 Å². The van der Waals surface area contributed by atoms with Crippen molar-refractivity contribution in [3.05, 3.63) is 44.7 Å². The predicted molar refractivity (Wildman–Crippen MR) is 72.8 cm³/mol. The standard InChI is InChI=1S/C11H8BrNO2S2/c12-8-4-9(16-5-8)6-17-10-3-7(11(14)15)1-2-13-10/h1-5H,6H2,(H,14,15). The first kappa shape index (κ1) is 12.6. The van der Waals surface area contributed by atoms with Crippen LogP contribution in [0.1, 0.15) is 15.2 Å². The van der Waals surface area contributed by atoms with E-state index < -0.39 is 5.97 Å². The molecule has 0 aromatic carbocycles. The minimum absolute atomic E-state index is 0.273. The summed E-state index contributed by atoms with van der Waals surface area (Å²) in [6.07, 6.45) is 1.52. The third kappa shape index (κ3) is 3.55. The largest absolute Gasteiger partial charge is 0.478 e. The molecule has 0 saturated carbocycles. The fourth-order valence-electron chi connectivity index (χ4n) is 1.20. The van der Waals surface area contributed by atoms with E-state index in [9.17, 15) is 4.79 Å². The van der Waals surface area contributed by atoms with Crippen molar-refractivity contribution < 1.29 is 9.90 Å². The van der Waals surface area contributed by atoms with Gasteiger partial charge >= 0.3 is 5.97 Å². The van der Waals surface area contributed by atoms with Crippen molar-refractivity contribution in [2.24, 2.45) is 0 Å². The van der Waals surface area contributed by atoms with Gasteiger partial charge in [0.1, 0.15) is 0 Å². The van der Waals surface area contributed by atoms with Gasteiger partial charge in [-0.25, -0.2) is 9.78 Å². The van der Waals surface area contributed by atoms with Crippen molar-refractivity contribution in [3.8, 4) is 0 Å². The molecular formula is C11H8BrNO2S2. The summed E-state index contributed by atoms with van der Waals surface area (Å²) < 4.78 is 1.07. The van der Waals surface area contributed by atoms with E-state index in [2.05, 4.69) is 27.0 Å². The Morgan fingerprint density at radius 1 is 1.53 bits per heavy atom. The molecule has 0 saturated heterocycles. The number of hydrogen-bond donors (Lipinski definition) is 1. The lowest BCUT2D eigenvalue weighted by Crippen LogP contribution is -1.96. The number of thiophene rings is 1. The Kier molecular flexibility index (Phi) is 4.20. The SMILES string of the molecule is O=C(O)c1ccnc(SCc2cc(Br)cs2)c1. The van der Waals surface area contributed by atoms with Gasteiger partial charge in [-0.15, -0.1) is 23.1 Å². The second-order valence-corrected chi connectivity index (χ2v) is 6.11. The number of hydrogen-bond acceptors (Lipinski definition) is 4. The minimum atomic E-state index is -0.923. The monoisotopic (exact) mass is 329 g/mol. The zero-order valence-corrected chi connectivity index (χ0v) is 11.8. The van der Waals surface area contributed by atoms with Gasteiger partial charge in [-0.2, -0.15) is 0 Å². The number of thioether (sulfide) groups is 1. The molecule has 0 radical (unpaired) electrons. The van der Waals surface area contributed by atoms with E-state index in [1.807, 2.05) is 5.38 Å². The highest BCUT2D eigenvalue weighted by Gasteiger charge is 2.05. The molecule has 0 aliphatic rings. The summed E-state index contributed by atoms with van der Waals surface area (Å²) in [5, 5.41) is 11.6. The number of carboxylic acids is 1. The highest BCUT2D eigenvalue weighted by atomic mass is 79.9. The van der Waals surface area contributed by atoms with Crippen molar-refractivity contribution in [3.63, 3.8) is 0 Å². The van der Waals surface area contributed by atoms with Crippen molar-refractivity contribution in [1.82, 2.24) is 4.98 Å². The third-order valence-electron chi connectivity index (χ3n) is 1.97. The first-order valence-electron chi connectivity index (χ1n) is 4.70. The first-order valence-corrected chi connectivity index (χ1v) is 7.36. The van der Waals surface area contributed by atoms with Crippen LogP contribution in [0.5, 0.6) is 0 Å². The Balaban J connectivity index is 2.04. The first-order chi connectivity index (χ1) is 8.15. The molecule has 0 fully saturated rings. The molecule has 0 unspecified atom stereocenters. The molecule has 2 aromatic heterocycles. The fraction of sp³-hybridized carbons (Fsp3) is 0.0909. The summed E-state index contributed by atoms with van der Waals surface area (Å²) in [7, 11) is 0. The molecule has 6 heteroatoms. The number of carbonyl (C=O) groups is 1. The molecule has 0 aliphatic carbocycles. The van der Waals surface area contributed by atoms with Crippen LogP contribution in [0.2, 0.25) is 0 Å². The molecule has 3 nitrogen and oxygen atoms in total. The Labute approximate surface area is 115 Å². The van der Waals surface area contributed by atoms with E-state index in [-0.39, 0.29) is 5.56 Å². The number of rotatable bonds is 4. The predicted octanol–water partition coefficient (Wildman–Crippen LogP) is 3.90. The van der Waals surface area contributed by atoms with Crippen LogP contribution in [0.15, 0.2) is 39.3 Å². The number of nitrogens with zero attached hydrogens (tertiary/aromatic N) is 1. The minimum Gasteiger partial charge on any atom is -0.478 e. The highest BCUT2D eigenvalue weighted by Crippen LogP contribution is 2.27. The average molecular weight is 330 g/mol. The van der Waals surface area contributed by atoms with Gasteiger partial charge in [0.05, 0.1) is 10.6 Å². The lowest BCUT2D eigenvalue weighted by molar-refractivity contribution is 0.0696. The molecule has 0 amide bonds. The van der Waals surface area contributed by atoms with Gasteiger partial charge in [-0.1, -0.05) is 0 Å². The maximum atomic E-state index is 10.8. The van der Waals surface area contributed by atoms with Gasteiger partial charge < -0.3 is 5.11 Å². The summed E-state index contributed by atoms with van der Waals surface area (Å²) in [5.41, 5.74) is 0.273. The highest BCUT2D eigenvalue weighted by molar-refractivity contribution is 9.10. The molecule has 0 aliphatic heterocycles. The van der Waals surface area contributed by atoms with Crippen molar-refractivity contribution in [1.29, 1.82) is 0 Å². The average Bonchev–Trinajstić information content (AvgIpc) is 2.73. The maximum Gasteiger partial charge on any atom is 0.335 e.